The predicted molar refractivity (Wildman–Crippen MR) is 40.2 cm³/mol. The molecule has 0 aliphatic carbocycles. The van der Waals surface area contributed by atoms with E-state index in [0.717, 1.165) is 0 Å². The van der Waals surface area contributed by atoms with Crippen molar-refractivity contribution >= 4 is 0 Å². The van der Waals surface area contributed by atoms with Crippen molar-refractivity contribution in [1.29, 1.82) is 0 Å². The summed E-state index contributed by atoms with van der Waals surface area (Å²) in [4.78, 5) is 0. The molecule has 0 rings (SSSR count). The summed E-state index contributed by atoms with van der Waals surface area (Å²) >= 11 is 0. The summed E-state index contributed by atoms with van der Waals surface area (Å²) in [6.45, 7) is 3.48. The molecule has 0 heterocycles. The molecule has 3 atom stereocenters. The van der Waals surface area contributed by atoms with Crippen LogP contribution in [0.25, 0.3) is 0 Å². The van der Waals surface area contributed by atoms with Gasteiger partial charge < -0.3 is 20.1 Å². The van der Waals surface area contributed by atoms with Gasteiger partial charge in [0.05, 0.1) is 12.7 Å². The van der Waals surface area contributed by atoms with Gasteiger partial charge in [-0.2, -0.15) is 0 Å². The van der Waals surface area contributed by atoms with Gasteiger partial charge in [0.2, 0.25) is 0 Å². The van der Waals surface area contributed by atoms with E-state index in [1.165, 1.54) is 0 Å². The largest absolute Gasteiger partial charge is 0.394 e. The molecule has 0 amide bonds. The van der Waals surface area contributed by atoms with E-state index in [-0.39, 0.29) is 0 Å². The number of hydrogen-bond donors (Lipinski definition) is 3. The molecule has 4 heteroatoms. The van der Waals surface area contributed by atoms with Gasteiger partial charge in [-0.05, 0) is 13.8 Å². The van der Waals surface area contributed by atoms with Crippen molar-refractivity contribution in [3.63, 3.8) is 0 Å². The first-order valence-corrected chi connectivity index (χ1v) is 3.72. The van der Waals surface area contributed by atoms with Crippen LogP contribution in [0.3, 0.4) is 0 Å². The molecule has 0 radical (unpaired) electrons. The standard InChI is InChI=1S/C7H16O4/c1-3-11-5(2)7(10)6(9)4-8/h5-10H,3-4H2,1-2H3. The molecule has 0 aliphatic heterocycles. The van der Waals surface area contributed by atoms with E-state index in [1.807, 2.05) is 0 Å². The second-order valence-corrected chi connectivity index (χ2v) is 2.40. The molecule has 3 unspecified atom stereocenters. The van der Waals surface area contributed by atoms with Crippen LogP contribution in [0.15, 0.2) is 0 Å². The minimum Gasteiger partial charge on any atom is -0.394 e. The molecule has 0 aliphatic rings. The molecule has 0 fully saturated rings. The van der Waals surface area contributed by atoms with Gasteiger partial charge in [-0.25, -0.2) is 0 Å². The maximum absolute atomic E-state index is 9.18. The van der Waals surface area contributed by atoms with Crippen molar-refractivity contribution in [2.24, 2.45) is 0 Å². The molecule has 0 saturated carbocycles. The maximum atomic E-state index is 9.18. The Bertz CT molecular complexity index is 96.4. The van der Waals surface area contributed by atoms with Crippen LogP contribution < -0.4 is 0 Å². The second kappa shape index (κ2) is 5.49. The van der Waals surface area contributed by atoms with Crippen molar-refractivity contribution in [2.45, 2.75) is 32.2 Å². The first-order chi connectivity index (χ1) is 5.13. The molecular formula is C7H16O4. The SMILES string of the molecule is CCOC(C)C(O)C(O)CO. The molecule has 0 aromatic rings. The van der Waals surface area contributed by atoms with Gasteiger partial charge in [0, 0.05) is 6.61 Å². The first kappa shape index (κ1) is 10.8. The van der Waals surface area contributed by atoms with Gasteiger partial charge >= 0.3 is 0 Å². The van der Waals surface area contributed by atoms with E-state index in [9.17, 15) is 5.11 Å². The average Bonchev–Trinajstić information content (AvgIpc) is 2.02. The molecule has 0 aromatic carbocycles. The summed E-state index contributed by atoms with van der Waals surface area (Å²) in [5, 5.41) is 26.6. The lowest BCUT2D eigenvalue weighted by molar-refractivity contribution is -0.0923. The zero-order valence-electron chi connectivity index (χ0n) is 6.90. The highest BCUT2D eigenvalue weighted by Crippen LogP contribution is 2.02. The van der Waals surface area contributed by atoms with E-state index < -0.39 is 24.9 Å². The van der Waals surface area contributed by atoms with Gasteiger partial charge in [0.15, 0.2) is 0 Å². The van der Waals surface area contributed by atoms with Crippen molar-refractivity contribution in [2.75, 3.05) is 13.2 Å². The van der Waals surface area contributed by atoms with Crippen LogP contribution in [-0.2, 0) is 4.74 Å². The maximum Gasteiger partial charge on any atom is 0.108 e. The molecule has 4 nitrogen and oxygen atoms in total. The third-order valence-corrected chi connectivity index (χ3v) is 1.49. The zero-order valence-corrected chi connectivity index (χ0v) is 6.90. The summed E-state index contributed by atoms with van der Waals surface area (Å²) in [6, 6.07) is 0. The molecule has 0 saturated heterocycles. The van der Waals surface area contributed by atoms with Gasteiger partial charge in [-0.15, -0.1) is 0 Å². The quantitative estimate of drug-likeness (QED) is 0.494. The number of ether oxygens (including phenoxy) is 1. The van der Waals surface area contributed by atoms with Gasteiger partial charge in [-0.3, -0.25) is 0 Å². The Morgan fingerprint density at radius 2 is 1.91 bits per heavy atom. The van der Waals surface area contributed by atoms with Crippen LogP contribution in [-0.4, -0.2) is 46.8 Å². The van der Waals surface area contributed by atoms with E-state index in [2.05, 4.69) is 0 Å². The van der Waals surface area contributed by atoms with Crippen molar-refractivity contribution < 1.29 is 20.1 Å². The molecule has 3 N–H and O–H groups in total. The minimum absolute atomic E-state index is 0.442. The molecule has 68 valence electrons. The van der Waals surface area contributed by atoms with Gasteiger partial charge in [-0.1, -0.05) is 0 Å². The van der Waals surface area contributed by atoms with Crippen LogP contribution in [0, 0.1) is 0 Å². The smallest absolute Gasteiger partial charge is 0.108 e. The minimum atomic E-state index is -1.11. The lowest BCUT2D eigenvalue weighted by atomic mass is 10.1. The number of aliphatic hydroxyl groups excluding tert-OH is 3. The van der Waals surface area contributed by atoms with Crippen molar-refractivity contribution in [1.82, 2.24) is 0 Å². The first-order valence-electron chi connectivity index (χ1n) is 3.72. The Kier molecular flexibility index (Phi) is 5.41. The second-order valence-electron chi connectivity index (χ2n) is 2.40. The lowest BCUT2D eigenvalue weighted by Crippen LogP contribution is -2.39. The van der Waals surface area contributed by atoms with E-state index in [4.69, 9.17) is 14.9 Å². The molecule has 0 bridgehead atoms. The highest BCUT2D eigenvalue weighted by Gasteiger charge is 2.21. The van der Waals surface area contributed by atoms with Crippen molar-refractivity contribution in [3.8, 4) is 0 Å². The third-order valence-electron chi connectivity index (χ3n) is 1.49. The third kappa shape index (κ3) is 3.67. The Labute approximate surface area is 66.4 Å². The number of aliphatic hydroxyl groups is 3. The van der Waals surface area contributed by atoms with Crippen LogP contribution in [0.2, 0.25) is 0 Å². The Hall–Kier alpha value is -0.160. The fraction of sp³-hybridized carbons (Fsp3) is 1.00. The summed E-state index contributed by atoms with van der Waals surface area (Å²) in [5.74, 6) is 0. The Morgan fingerprint density at radius 1 is 1.36 bits per heavy atom. The highest BCUT2D eigenvalue weighted by molar-refractivity contribution is 4.71. The van der Waals surface area contributed by atoms with Gasteiger partial charge in [0.1, 0.15) is 12.2 Å². The number of rotatable bonds is 5. The van der Waals surface area contributed by atoms with Crippen LogP contribution in [0.5, 0.6) is 0 Å². The Balaban J connectivity index is 3.70. The fourth-order valence-electron chi connectivity index (χ4n) is 0.782. The van der Waals surface area contributed by atoms with Crippen LogP contribution in [0.1, 0.15) is 13.8 Å². The van der Waals surface area contributed by atoms with Crippen molar-refractivity contribution in [3.05, 3.63) is 0 Å². The summed E-state index contributed by atoms with van der Waals surface area (Å²) < 4.78 is 5.01. The highest BCUT2D eigenvalue weighted by atomic mass is 16.5. The molecule has 11 heavy (non-hydrogen) atoms. The van der Waals surface area contributed by atoms with Gasteiger partial charge in [0.25, 0.3) is 0 Å². The normalized spacial score (nSPS) is 19.4. The van der Waals surface area contributed by atoms with E-state index in [0.29, 0.717) is 6.61 Å². The molecule has 0 aromatic heterocycles. The van der Waals surface area contributed by atoms with Crippen LogP contribution in [0.4, 0.5) is 0 Å². The topological polar surface area (TPSA) is 69.9 Å². The monoisotopic (exact) mass is 164 g/mol. The molecular weight excluding hydrogens is 148 g/mol. The summed E-state index contributed by atoms with van der Waals surface area (Å²) in [7, 11) is 0. The number of hydrogen-bond acceptors (Lipinski definition) is 4. The Morgan fingerprint density at radius 3 is 2.27 bits per heavy atom. The summed E-state index contributed by atoms with van der Waals surface area (Å²) in [6.07, 6.45) is -2.57. The van der Waals surface area contributed by atoms with E-state index in [1.54, 1.807) is 13.8 Å². The molecule has 0 spiro atoms. The fourth-order valence-corrected chi connectivity index (χ4v) is 0.782. The average molecular weight is 164 g/mol. The van der Waals surface area contributed by atoms with E-state index >= 15 is 0 Å². The summed E-state index contributed by atoms with van der Waals surface area (Å²) in [5.41, 5.74) is 0. The lowest BCUT2D eigenvalue weighted by Gasteiger charge is -2.21. The van der Waals surface area contributed by atoms with Crippen LogP contribution >= 0.6 is 0 Å². The predicted octanol–water partition coefficient (Wildman–Crippen LogP) is -0.875. The zero-order chi connectivity index (χ0) is 8.85.